The van der Waals surface area contributed by atoms with E-state index in [0.717, 1.165) is 19.4 Å². The standard InChI is InChI=1S/C35H36F3N5O4/c1-5-23-25(37)8-7-20-13-22(44)14-24(26(20)23)29-28(38)30-27(32(39-29)46-4)31(43-17-34(3,45)11-9-19(43)2)41-33(40-30)47-18-35-10-6-12-42(35)16-21(36)15-35/h1,7-8,13-14,19,21,44-45H,6,9-12,15-18H2,2-4H3/t19-,21-,34+,35+/m1/s1. The van der Waals surface area contributed by atoms with Gasteiger partial charge in [0.1, 0.15) is 46.8 Å². The lowest BCUT2D eigenvalue weighted by Crippen LogP contribution is -2.51. The number of benzene rings is 2. The molecule has 0 saturated carbocycles. The van der Waals surface area contributed by atoms with E-state index in [1.54, 1.807) is 6.92 Å². The van der Waals surface area contributed by atoms with Crippen molar-refractivity contribution in [1.29, 1.82) is 0 Å². The number of phenols is 1. The van der Waals surface area contributed by atoms with Crippen LogP contribution in [0.25, 0.3) is 32.9 Å². The maximum Gasteiger partial charge on any atom is 0.319 e. The minimum absolute atomic E-state index is 0.0258. The number of aliphatic hydroxyl groups is 1. The first kappa shape index (κ1) is 31.3. The Balaban J connectivity index is 1.46. The highest BCUT2D eigenvalue weighted by atomic mass is 19.1. The third-order valence-electron chi connectivity index (χ3n) is 10.0. The average molecular weight is 648 g/mol. The van der Waals surface area contributed by atoms with Crippen LogP contribution >= 0.6 is 0 Å². The topological polar surface area (TPSA) is 104 Å². The van der Waals surface area contributed by atoms with Gasteiger partial charge < -0.3 is 24.6 Å². The third kappa shape index (κ3) is 5.26. The maximum absolute atomic E-state index is 17.0. The summed E-state index contributed by atoms with van der Waals surface area (Å²) >= 11 is 0. The van der Waals surface area contributed by atoms with Gasteiger partial charge in [-0.25, -0.2) is 18.2 Å². The zero-order valence-electron chi connectivity index (χ0n) is 26.5. The average Bonchev–Trinajstić information content (AvgIpc) is 3.56. The van der Waals surface area contributed by atoms with Crippen LogP contribution in [0.1, 0.15) is 51.5 Å². The number of nitrogens with zero attached hydrogens (tertiary/aromatic N) is 5. The highest BCUT2D eigenvalue weighted by Gasteiger charge is 2.49. The summed E-state index contributed by atoms with van der Waals surface area (Å²) in [4.78, 5) is 17.8. The number of alkyl halides is 1. The predicted molar refractivity (Wildman–Crippen MR) is 172 cm³/mol. The fourth-order valence-corrected chi connectivity index (χ4v) is 7.66. The number of β-amino-alcohol motifs (C(OH)–C–C–N with tert-alkyl or cyclic N) is 1. The van der Waals surface area contributed by atoms with Gasteiger partial charge in [0, 0.05) is 36.5 Å². The van der Waals surface area contributed by atoms with Crippen molar-refractivity contribution in [2.75, 3.05) is 38.3 Å². The van der Waals surface area contributed by atoms with E-state index in [2.05, 4.69) is 20.8 Å². The highest BCUT2D eigenvalue weighted by molar-refractivity contribution is 6.04. The molecule has 2 N–H and O–H groups in total. The summed E-state index contributed by atoms with van der Waals surface area (Å²) in [5.41, 5.74) is -2.09. The summed E-state index contributed by atoms with van der Waals surface area (Å²) in [6.07, 6.45) is 7.93. The zero-order chi connectivity index (χ0) is 33.2. The van der Waals surface area contributed by atoms with E-state index in [1.165, 1.54) is 31.4 Å². The van der Waals surface area contributed by atoms with Gasteiger partial charge in [-0.2, -0.15) is 9.97 Å². The molecule has 3 aliphatic rings. The second-order valence-corrected chi connectivity index (χ2v) is 13.4. The van der Waals surface area contributed by atoms with E-state index in [1.807, 2.05) is 11.8 Å². The molecule has 4 aromatic rings. The Hall–Kier alpha value is -4.34. The Morgan fingerprint density at radius 1 is 1.15 bits per heavy atom. The molecule has 3 aliphatic heterocycles. The van der Waals surface area contributed by atoms with Gasteiger partial charge in [0.15, 0.2) is 5.82 Å². The first-order valence-electron chi connectivity index (χ1n) is 15.8. The molecule has 4 atom stereocenters. The Bertz CT molecular complexity index is 1950. The summed E-state index contributed by atoms with van der Waals surface area (Å²) < 4.78 is 58.4. The molecular formula is C35H36F3N5O4. The number of rotatable bonds is 6. The number of halogens is 3. The van der Waals surface area contributed by atoms with Gasteiger partial charge in [-0.05, 0) is 69.7 Å². The number of phenolic OH excluding ortho intramolecular Hbond substituents is 1. The summed E-state index contributed by atoms with van der Waals surface area (Å²) in [6.45, 7) is 5.13. The maximum atomic E-state index is 17.0. The number of anilines is 1. The van der Waals surface area contributed by atoms with Crippen LogP contribution in [0.2, 0.25) is 0 Å². The molecule has 5 heterocycles. The van der Waals surface area contributed by atoms with Crippen molar-refractivity contribution in [2.24, 2.45) is 0 Å². The van der Waals surface area contributed by atoms with Crippen LogP contribution in [0.5, 0.6) is 17.6 Å². The van der Waals surface area contributed by atoms with E-state index in [9.17, 15) is 19.0 Å². The number of aromatic hydroxyl groups is 1. The minimum Gasteiger partial charge on any atom is -0.508 e. The Morgan fingerprint density at radius 2 is 1.96 bits per heavy atom. The van der Waals surface area contributed by atoms with Gasteiger partial charge >= 0.3 is 6.01 Å². The molecule has 0 spiro atoms. The van der Waals surface area contributed by atoms with Gasteiger partial charge in [-0.3, -0.25) is 4.90 Å². The molecule has 47 heavy (non-hydrogen) atoms. The second kappa shape index (κ2) is 11.4. The van der Waals surface area contributed by atoms with Crippen molar-refractivity contribution in [1.82, 2.24) is 19.9 Å². The Morgan fingerprint density at radius 3 is 2.72 bits per heavy atom. The molecule has 12 heteroatoms. The fourth-order valence-electron chi connectivity index (χ4n) is 7.66. The number of hydrogen-bond donors (Lipinski definition) is 2. The first-order chi connectivity index (χ1) is 22.4. The van der Waals surface area contributed by atoms with E-state index >= 15 is 4.39 Å². The highest BCUT2D eigenvalue weighted by Crippen LogP contribution is 2.44. The van der Waals surface area contributed by atoms with E-state index in [-0.39, 0.29) is 75.8 Å². The molecule has 3 saturated heterocycles. The lowest BCUT2D eigenvalue weighted by molar-refractivity contribution is 0.0375. The lowest BCUT2D eigenvalue weighted by atomic mass is 9.90. The normalized spacial score (nSPS) is 26.1. The molecule has 2 aromatic carbocycles. The molecule has 0 amide bonds. The van der Waals surface area contributed by atoms with Crippen molar-refractivity contribution in [3.8, 4) is 41.2 Å². The zero-order valence-corrected chi connectivity index (χ0v) is 26.5. The van der Waals surface area contributed by atoms with E-state index < -0.39 is 28.9 Å². The van der Waals surface area contributed by atoms with E-state index in [4.69, 9.17) is 20.9 Å². The Kier molecular flexibility index (Phi) is 7.60. The fraction of sp³-hybridized carbons (Fsp3) is 0.457. The number of pyridine rings is 1. The summed E-state index contributed by atoms with van der Waals surface area (Å²) in [5.74, 6) is 0.798. The summed E-state index contributed by atoms with van der Waals surface area (Å²) in [5, 5.41) is 22.4. The van der Waals surface area contributed by atoms with Crippen molar-refractivity contribution >= 4 is 27.5 Å². The predicted octanol–water partition coefficient (Wildman–Crippen LogP) is 5.51. The molecule has 0 aliphatic carbocycles. The van der Waals surface area contributed by atoms with Crippen molar-refractivity contribution in [3.63, 3.8) is 0 Å². The quantitative estimate of drug-likeness (QED) is 0.262. The van der Waals surface area contributed by atoms with Gasteiger partial charge in [0.05, 0.1) is 23.8 Å². The molecule has 3 fully saturated rings. The number of ether oxygens (including phenoxy) is 2. The van der Waals surface area contributed by atoms with Crippen LogP contribution in [-0.2, 0) is 0 Å². The SMILES string of the molecule is C#Cc1c(F)ccc2cc(O)cc(-c3nc(OC)c4c(N5C[C@@](C)(O)CC[C@H]5C)nc(OC[C@@]56CCCN5C[C@H](F)C6)nc4c3F)c12. The minimum atomic E-state index is -1.05. The number of methoxy groups -OCH3 is 1. The molecule has 2 aromatic heterocycles. The molecular weight excluding hydrogens is 611 g/mol. The van der Waals surface area contributed by atoms with Crippen LogP contribution in [-0.4, -0.2) is 86.8 Å². The van der Waals surface area contributed by atoms with Gasteiger partial charge in [-0.1, -0.05) is 12.0 Å². The lowest BCUT2D eigenvalue weighted by Gasteiger charge is -2.42. The van der Waals surface area contributed by atoms with E-state index in [0.29, 0.717) is 31.2 Å². The van der Waals surface area contributed by atoms with Crippen molar-refractivity contribution in [3.05, 3.63) is 41.5 Å². The monoisotopic (exact) mass is 647 g/mol. The van der Waals surface area contributed by atoms with Gasteiger partial charge in [0.25, 0.3) is 0 Å². The number of terminal acetylenes is 1. The molecule has 9 nitrogen and oxygen atoms in total. The number of aromatic nitrogens is 3. The van der Waals surface area contributed by atoms with Gasteiger partial charge in [0.2, 0.25) is 5.88 Å². The first-order valence-corrected chi connectivity index (χ1v) is 15.8. The second-order valence-electron chi connectivity index (χ2n) is 13.4. The molecule has 0 unspecified atom stereocenters. The number of hydrogen-bond acceptors (Lipinski definition) is 9. The van der Waals surface area contributed by atoms with Crippen LogP contribution in [0.4, 0.5) is 19.0 Å². The number of piperidine rings is 1. The third-order valence-corrected chi connectivity index (χ3v) is 10.0. The Labute approximate surface area is 270 Å². The van der Waals surface area contributed by atoms with Gasteiger partial charge in [-0.15, -0.1) is 6.42 Å². The van der Waals surface area contributed by atoms with Crippen LogP contribution in [0, 0.1) is 24.0 Å². The van der Waals surface area contributed by atoms with Crippen molar-refractivity contribution in [2.45, 2.75) is 69.3 Å². The van der Waals surface area contributed by atoms with Crippen LogP contribution in [0.3, 0.4) is 0 Å². The van der Waals surface area contributed by atoms with Crippen LogP contribution in [0.15, 0.2) is 24.3 Å². The largest absolute Gasteiger partial charge is 0.508 e. The van der Waals surface area contributed by atoms with Crippen molar-refractivity contribution < 1.29 is 32.9 Å². The summed E-state index contributed by atoms with van der Waals surface area (Å²) in [7, 11) is 1.38. The molecule has 0 bridgehead atoms. The van der Waals surface area contributed by atoms with Crippen LogP contribution < -0.4 is 14.4 Å². The smallest absolute Gasteiger partial charge is 0.319 e. The molecule has 7 rings (SSSR count). The molecule has 246 valence electrons. The molecule has 0 radical (unpaired) electrons. The number of fused-ring (bicyclic) bond motifs is 3. The summed E-state index contributed by atoms with van der Waals surface area (Å²) in [6, 6.07) is 5.08.